The quantitative estimate of drug-likeness (QED) is 0.549. The van der Waals surface area contributed by atoms with Crippen LogP contribution in [0.25, 0.3) is 0 Å². The van der Waals surface area contributed by atoms with Gasteiger partial charge in [0.15, 0.2) is 11.6 Å². The van der Waals surface area contributed by atoms with Crippen molar-refractivity contribution in [2.45, 2.75) is 6.92 Å². The zero-order valence-electron chi connectivity index (χ0n) is 5.02. The van der Waals surface area contributed by atoms with Crippen LogP contribution in [0.5, 0.6) is 0 Å². The second-order valence-corrected chi connectivity index (χ2v) is 2.78. The van der Waals surface area contributed by atoms with E-state index in [0.717, 1.165) is 10.6 Å². The van der Waals surface area contributed by atoms with Gasteiger partial charge in [0.2, 0.25) is 5.02 Å². The average Bonchev–Trinajstić information content (AvgIpc) is 1.80. The molecular formula is C7H7Cl2+. The van der Waals surface area contributed by atoms with Gasteiger partial charge >= 0.3 is 0 Å². The van der Waals surface area contributed by atoms with E-state index < -0.39 is 0 Å². The molecule has 0 amide bonds. The van der Waals surface area contributed by atoms with E-state index in [2.05, 4.69) is 0 Å². The number of hydrogen-bond acceptors (Lipinski definition) is 0. The van der Waals surface area contributed by atoms with Gasteiger partial charge in [0.25, 0.3) is 0 Å². The number of hydrogen-bond donors (Lipinski definition) is 0. The summed E-state index contributed by atoms with van der Waals surface area (Å²) in [5, 5.41) is 1.40. The minimum atomic E-state index is 0.663. The van der Waals surface area contributed by atoms with Crippen LogP contribution in [-0.2, 0) is 0 Å². The number of benzene rings is 1. The molecule has 9 heavy (non-hydrogen) atoms. The van der Waals surface area contributed by atoms with Crippen LogP contribution in [0, 0.1) is 18.5 Å². The molecule has 0 aliphatic rings. The van der Waals surface area contributed by atoms with Gasteiger partial charge in [0, 0.05) is 6.07 Å². The molecule has 0 fully saturated rings. The third kappa shape index (κ3) is 1.60. The van der Waals surface area contributed by atoms with Gasteiger partial charge in [0.1, 0.15) is 5.02 Å². The molecule has 0 bridgehead atoms. The Balaban J connectivity index is 3.17. The van der Waals surface area contributed by atoms with E-state index in [-0.39, 0.29) is 0 Å². The van der Waals surface area contributed by atoms with Crippen molar-refractivity contribution >= 4 is 11.6 Å². The minimum absolute atomic E-state index is 0.663. The molecule has 0 aromatic heterocycles. The highest BCUT2D eigenvalue weighted by atomic mass is 35.5. The standard InChI is InChI=1S/C7H7Cl2/c1-5-2-3-6(8)7(9)4-5/h2-4,9H,1H3/q+1. The van der Waals surface area contributed by atoms with E-state index in [1.807, 2.05) is 25.1 Å². The van der Waals surface area contributed by atoms with E-state index in [9.17, 15) is 0 Å². The molecule has 0 spiro atoms. The van der Waals surface area contributed by atoms with Crippen molar-refractivity contribution in [1.82, 2.24) is 0 Å². The molecule has 0 unspecified atom stereocenters. The molecule has 2 heteroatoms. The van der Waals surface area contributed by atoms with E-state index in [1.165, 1.54) is 0 Å². The van der Waals surface area contributed by atoms with Crippen molar-refractivity contribution in [3.8, 4) is 0 Å². The van der Waals surface area contributed by atoms with Crippen LogP contribution in [0.15, 0.2) is 18.2 Å². The first-order valence-electron chi connectivity index (χ1n) is 2.63. The fourth-order valence-electron chi connectivity index (χ4n) is 0.611. The van der Waals surface area contributed by atoms with Gasteiger partial charge in [-0.2, -0.15) is 0 Å². The van der Waals surface area contributed by atoms with Crippen LogP contribution in [-0.4, -0.2) is 0 Å². The van der Waals surface area contributed by atoms with Crippen molar-refractivity contribution < 1.29 is 11.6 Å². The van der Waals surface area contributed by atoms with E-state index in [0.29, 0.717) is 5.02 Å². The van der Waals surface area contributed by atoms with E-state index in [4.69, 9.17) is 23.2 Å². The maximum absolute atomic E-state index is 5.68. The summed E-state index contributed by atoms with van der Waals surface area (Å²) in [6.45, 7) is 1.99. The number of halogens is 2. The van der Waals surface area contributed by atoms with Crippen molar-refractivity contribution in [2.24, 2.45) is 0 Å². The Morgan fingerprint density at radius 2 is 2.11 bits per heavy atom. The molecule has 0 aliphatic heterocycles. The van der Waals surface area contributed by atoms with E-state index in [1.54, 1.807) is 0 Å². The summed E-state index contributed by atoms with van der Waals surface area (Å²) in [6.07, 6.45) is 0. The van der Waals surface area contributed by atoms with Crippen molar-refractivity contribution in [1.29, 1.82) is 0 Å². The first-order chi connectivity index (χ1) is 4.20. The zero-order valence-corrected chi connectivity index (χ0v) is 6.59. The lowest BCUT2D eigenvalue weighted by molar-refractivity contribution is -0.288. The summed E-state index contributed by atoms with van der Waals surface area (Å²) in [7, 11) is 0. The summed E-state index contributed by atoms with van der Waals surface area (Å²) < 4.78 is 0. The maximum atomic E-state index is 5.68. The smallest absolute Gasteiger partial charge is 0.0780 e. The zero-order chi connectivity index (χ0) is 6.85. The molecule has 1 aromatic carbocycles. The average molecular weight is 162 g/mol. The summed E-state index contributed by atoms with van der Waals surface area (Å²) in [5.74, 6) is 0. The summed E-state index contributed by atoms with van der Waals surface area (Å²) in [4.78, 5) is 0. The van der Waals surface area contributed by atoms with Crippen LogP contribution < -0.4 is 0 Å². The van der Waals surface area contributed by atoms with Gasteiger partial charge in [-0.05, 0) is 18.6 Å². The Hall–Kier alpha value is -0.200. The Morgan fingerprint density at radius 1 is 1.44 bits per heavy atom. The van der Waals surface area contributed by atoms with Crippen molar-refractivity contribution in [2.75, 3.05) is 0 Å². The predicted molar refractivity (Wildman–Crippen MR) is 36.7 cm³/mol. The highest BCUT2D eigenvalue weighted by Crippen LogP contribution is 2.16. The third-order valence-electron chi connectivity index (χ3n) is 1.09. The van der Waals surface area contributed by atoms with Crippen LogP contribution in [0.2, 0.25) is 10.0 Å². The fourth-order valence-corrected chi connectivity index (χ4v) is 0.982. The monoisotopic (exact) mass is 161 g/mol. The van der Waals surface area contributed by atoms with E-state index >= 15 is 0 Å². The minimum Gasteiger partial charge on any atom is -0.0780 e. The number of aryl methyl sites for hydroxylation is 1. The van der Waals surface area contributed by atoms with Crippen LogP contribution >= 0.6 is 11.6 Å². The molecule has 0 heterocycles. The lowest BCUT2D eigenvalue weighted by Gasteiger charge is -1.88. The molecule has 0 saturated carbocycles. The summed E-state index contributed by atoms with van der Waals surface area (Å²) >= 11 is 10.6. The summed E-state index contributed by atoms with van der Waals surface area (Å²) in [5.41, 5.74) is 1.16. The summed E-state index contributed by atoms with van der Waals surface area (Å²) in [6, 6.07) is 5.65. The van der Waals surface area contributed by atoms with Crippen LogP contribution in [0.4, 0.5) is 0 Å². The Kier molecular flexibility index (Phi) is 1.99. The maximum Gasteiger partial charge on any atom is 0.244 e. The topological polar surface area (TPSA) is 0 Å². The molecule has 0 N–H and O–H groups in total. The Labute approximate surface area is 64.4 Å². The molecule has 1 rings (SSSR count). The number of rotatable bonds is 0. The van der Waals surface area contributed by atoms with Gasteiger partial charge in [0.05, 0.1) is 0 Å². The fraction of sp³-hybridized carbons (Fsp3) is 0.143. The lowest BCUT2D eigenvalue weighted by atomic mass is 10.2. The Bertz CT molecular complexity index is 218. The van der Waals surface area contributed by atoms with Crippen molar-refractivity contribution in [3.63, 3.8) is 0 Å². The largest absolute Gasteiger partial charge is 0.244 e. The van der Waals surface area contributed by atoms with Gasteiger partial charge in [-0.1, -0.05) is 17.7 Å². The van der Waals surface area contributed by atoms with Crippen LogP contribution in [0.1, 0.15) is 5.56 Å². The second kappa shape index (κ2) is 2.59. The first kappa shape index (κ1) is 6.91. The lowest BCUT2D eigenvalue weighted by Crippen LogP contribution is -1.73. The van der Waals surface area contributed by atoms with Gasteiger partial charge < -0.3 is 0 Å². The molecule has 0 atom stereocenters. The Morgan fingerprint density at radius 3 is 2.56 bits per heavy atom. The normalized spacial score (nSPS) is 9.67. The molecule has 1 aromatic rings. The molecule has 0 aliphatic carbocycles. The van der Waals surface area contributed by atoms with Crippen LogP contribution in [0.3, 0.4) is 0 Å². The second-order valence-electron chi connectivity index (χ2n) is 1.93. The SMILES string of the molecule is Cc1ccc(Cl)c([ClH+])c1. The highest BCUT2D eigenvalue weighted by molar-refractivity contribution is 6.31. The molecular weight excluding hydrogens is 155 g/mol. The van der Waals surface area contributed by atoms with Gasteiger partial charge in [-0.25, -0.2) is 0 Å². The predicted octanol–water partition coefficient (Wildman–Crippen LogP) is 2.34. The first-order valence-corrected chi connectivity index (χ1v) is 3.42. The molecule has 0 saturated heterocycles. The van der Waals surface area contributed by atoms with Gasteiger partial charge in [-0.15, -0.1) is 0 Å². The molecule has 0 nitrogen and oxygen atoms in total. The van der Waals surface area contributed by atoms with Crippen molar-refractivity contribution in [3.05, 3.63) is 33.8 Å². The molecule has 0 radical (unpaired) electrons. The third-order valence-corrected chi connectivity index (χ3v) is 1.87. The van der Waals surface area contributed by atoms with Gasteiger partial charge in [-0.3, -0.25) is 0 Å². The molecule has 48 valence electrons. The highest BCUT2D eigenvalue weighted by Gasteiger charge is 2.01.